The molecule has 1 atom stereocenters. The molecule has 0 saturated carbocycles. The van der Waals surface area contributed by atoms with Gasteiger partial charge in [0, 0.05) is 18.3 Å². The highest BCUT2D eigenvalue weighted by atomic mass is 19.3. The van der Waals surface area contributed by atoms with E-state index in [1.807, 2.05) is 0 Å². The van der Waals surface area contributed by atoms with E-state index in [4.69, 9.17) is 0 Å². The van der Waals surface area contributed by atoms with Gasteiger partial charge in [-0.25, -0.2) is 8.78 Å². The van der Waals surface area contributed by atoms with E-state index in [-0.39, 0.29) is 5.91 Å². The average Bonchev–Trinajstić information content (AvgIpc) is 2.30. The number of nitrogens with one attached hydrogen (secondary N) is 2. The lowest BCUT2D eigenvalue weighted by molar-refractivity contribution is 0.0963. The van der Waals surface area contributed by atoms with Crippen molar-refractivity contribution in [1.82, 2.24) is 5.32 Å². The van der Waals surface area contributed by atoms with Crippen LogP contribution in [0.1, 0.15) is 22.8 Å². The quantitative estimate of drug-likeness (QED) is 0.851. The Bertz CT molecular complexity index is 407. The molecule has 0 bridgehead atoms. The van der Waals surface area contributed by atoms with Crippen molar-refractivity contribution >= 4 is 11.6 Å². The Morgan fingerprint density at radius 2 is 2.00 bits per heavy atom. The lowest BCUT2D eigenvalue weighted by Gasteiger charge is -2.16. The highest BCUT2D eigenvalue weighted by molar-refractivity contribution is 5.94. The SMILES string of the molecule is CNC(=O)c1ccc(NC(C)C(F)F)c(C)c1. The Balaban J connectivity index is 2.87. The molecule has 0 heterocycles. The lowest BCUT2D eigenvalue weighted by Crippen LogP contribution is -2.24. The minimum absolute atomic E-state index is 0.193. The maximum atomic E-state index is 12.4. The molecular weight excluding hydrogens is 226 g/mol. The molecule has 17 heavy (non-hydrogen) atoms. The van der Waals surface area contributed by atoms with Gasteiger partial charge in [0.05, 0.1) is 6.04 Å². The molecular formula is C12H16F2N2O. The topological polar surface area (TPSA) is 41.1 Å². The molecule has 2 N–H and O–H groups in total. The van der Waals surface area contributed by atoms with Crippen LogP contribution < -0.4 is 10.6 Å². The Morgan fingerprint density at radius 1 is 1.35 bits per heavy atom. The van der Waals surface area contributed by atoms with Crippen molar-refractivity contribution in [3.8, 4) is 0 Å². The summed E-state index contributed by atoms with van der Waals surface area (Å²) < 4.78 is 24.8. The molecule has 94 valence electrons. The van der Waals surface area contributed by atoms with E-state index in [1.165, 1.54) is 6.92 Å². The molecule has 0 fully saturated rings. The summed E-state index contributed by atoms with van der Waals surface area (Å²) in [7, 11) is 1.54. The summed E-state index contributed by atoms with van der Waals surface area (Å²) in [6.07, 6.45) is -2.42. The van der Waals surface area contributed by atoms with Crippen molar-refractivity contribution in [3.05, 3.63) is 29.3 Å². The van der Waals surface area contributed by atoms with Gasteiger partial charge in [-0.1, -0.05) is 0 Å². The molecule has 0 radical (unpaired) electrons. The molecule has 0 aliphatic rings. The van der Waals surface area contributed by atoms with Crippen molar-refractivity contribution in [3.63, 3.8) is 0 Å². The Labute approximate surface area is 99.2 Å². The monoisotopic (exact) mass is 242 g/mol. The summed E-state index contributed by atoms with van der Waals surface area (Å²) in [6.45, 7) is 3.18. The fourth-order valence-corrected chi connectivity index (χ4v) is 1.42. The lowest BCUT2D eigenvalue weighted by atomic mass is 10.1. The zero-order valence-corrected chi connectivity index (χ0v) is 10.1. The van der Waals surface area contributed by atoms with Crippen LogP contribution in [0.15, 0.2) is 18.2 Å². The second kappa shape index (κ2) is 5.61. The van der Waals surface area contributed by atoms with Crippen LogP contribution in [0.5, 0.6) is 0 Å². The molecule has 0 aromatic heterocycles. The second-order valence-electron chi connectivity index (χ2n) is 3.88. The zero-order valence-electron chi connectivity index (χ0n) is 10.1. The summed E-state index contributed by atoms with van der Waals surface area (Å²) in [5, 5.41) is 5.22. The summed E-state index contributed by atoms with van der Waals surface area (Å²) in [5.41, 5.74) is 1.89. The van der Waals surface area contributed by atoms with Gasteiger partial charge in [-0.05, 0) is 37.6 Å². The number of benzene rings is 1. The molecule has 1 aromatic carbocycles. The van der Waals surface area contributed by atoms with Crippen LogP contribution in [-0.2, 0) is 0 Å². The Morgan fingerprint density at radius 3 is 2.47 bits per heavy atom. The number of alkyl halides is 2. The third kappa shape index (κ3) is 3.41. The Kier molecular flexibility index (Phi) is 4.43. The number of aryl methyl sites for hydroxylation is 1. The summed E-state index contributed by atoms with van der Waals surface area (Å²) in [6, 6.07) is 3.99. The third-order valence-electron chi connectivity index (χ3n) is 2.48. The number of carbonyl (C=O) groups is 1. The van der Waals surface area contributed by atoms with Gasteiger partial charge in [-0.15, -0.1) is 0 Å². The first-order valence-corrected chi connectivity index (χ1v) is 5.33. The van der Waals surface area contributed by atoms with Crippen LogP contribution in [0.3, 0.4) is 0 Å². The van der Waals surface area contributed by atoms with Crippen molar-refractivity contribution in [1.29, 1.82) is 0 Å². The standard InChI is InChI=1S/C12H16F2N2O/c1-7-6-9(12(17)15-3)4-5-10(7)16-8(2)11(13)14/h4-6,8,11,16H,1-3H3,(H,15,17). The smallest absolute Gasteiger partial charge is 0.258 e. The van der Waals surface area contributed by atoms with Crippen molar-refractivity contribution < 1.29 is 13.6 Å². The molecule has 0 aliphatic carbocycles. The van der Waals surface area contributed by atoms with E-state index in [9.17, 15) is 13.6 Å². The van der Waals surface area contributed by atoms with Gasteiger partial charge in [0.1, 0.15) is 0 Å². The number of hydrogen-bond donors (Lipinski definition) is 2. The molecule has 0 saturated heterocycles. The maximum absolute atomic E-state index is 12.4. The van der Waals surface area contributed by atoms with E-state index >= 15 is 0 Å². The first kappa shape index (κ1) is 13.4. The van der Waals surface area contributed by atoms with Gasteiger partial charge in [-0.3, -0.25) is 4.79 Å². The predicted octanol–water partition coefficient (Wildman–Crippen LogP) is 2.42. The average molecular weight is 242 g/mol. The van der Waals surface area contributed by atoms with E-state index < -0.39 is 12.5 Å². The van der Waals surface area contributed by atoms with Gasteiger partial charge >= 0.3 is 0 Å². The molecule has 1 unspecified atom stereocenters. The molecule has 0 spiro atoms. The van der Waals surface area contributed by atoms with E-state index in [1.54, 1.807) is 32.2 Å². The molecule has 1 aromatic rings. The molecule has 5 heteroatoms. The zero-order chi connectivity index (χ0) is 13.0. The molecule has 1 amide bonds. The van der Waals surface area contributed by atoms with Gasteiger partial charge in [0.2, 0.25) is 0 Å². The number of rotatable bonds is 4. The van der Waals surface area contributed by atoms with Crippen molar-refractivity contribution in [2.24, 2.45) is 0 Å². The third-order valence-corrected chi connectivity index (χ3v) is 2.48. The van der Waals surface area contributed by atoms with Gasteiger partial charge < -0.3 is 10.6 Å². The number of carbonyl (C=O) groups excluding carboxylic acids is 1. The Hall–Kier alpha value is -1.65. The van der Waals surface area contributed by atoms with Crippen LogP contribution in [0, 0.1) is 6.92 Å². The summed E-state index contributed by atoms with van der Waals surface area (Å²) >= 11 is 0. The molecule has 3 nitrogen and oxygen atoms in total. The number of halogens is 2. The summed E-state index contributed by atoms with van der Waals surface area (Å²) in [4.78, 5) is 11.4. The van der Waals surface area contributed by atoms with Gasteiger partial charge in [0.15, 0.2) is 0 Å². The number of hydrogen-bond acceptors (Lipinski definition) is 2. The minimum Gasteiger partial charge on any atom is -0.377 e. The van der Waals surface area contributed by atoms with Crippen LogP contribution in [0.25, 0.3) is 0 Å². The van der Waals surface area contributed by atoms with Crippen LogP contribution in [0.4, 0.5) is 14.5 Å². The molecule has 0 aliphatic heterocycles. The van der Waals surface area contributed by atoms with Crippen molar-refractivity contribution in [2.75, 3.05) is 12.4 Å². The first-order chi connectivity index (χ1) is 7.95. The van der Waals surface area contributed by atoms with E-state index in [0.717, 1.165) is 5.56 Å². The fourth-order valence-electron chi connectivity index (χ4n) is 1.42. The van der Waals surface area contributed by atoms with Gasteiger partial charge in [0.25, 0.3) is 12.3 Å². The minimum atomic E-state index is -2.42. The van der Waals surface area contributed by atoms with Crippen LogP contribution in [0.2, 0.25) is 0 Å². The van der Waals surface area contributed by atoms with E-state index in [0.29, 0.717) is 11.3 Å². The first-order valence-electron chi connectivity index (χ1n) is 5.33. The van der Waals surface area contributed by atoms with Crippen molar-refractivity contribution in [2.45, 2.75) is 26.3 Å². The maximum Gasteiger partial charge on any atom is 0.258 e. The normalized spacial score (nSPS) is 12.4. The predicted molar refractivity (Wildman–Crippen MR) is 63.7 cm³/mol. The fraction of sp³-hybridized carbons (Fsp3) is 0.417. The molecule has 1 rings (SSSR count). The number of anilines is 1. The van der Waals surface area contributed by atoms with Crippen LogP contribution in [-0.4, -0.2) is 25.4 Å². The van der Waals surface area contributed by atoms with E-state index in [2.05, 4.69) is 10.6 Å². The highest BCUT2D eigenvalue weighted by Gasteiger charge is 2.15. The van der Waals surface area contributed by atoms with Gasteiger partial charge in [-0.2, -0.15) is 0 Å². The second-order valence-corrected chi connectivity index (χ2v) is 3.88. The number of amides is 1. The van der Waals surface area contributed by atoms with Crippen LogP contribution >= 0.6 is 0 Å². The summed E-state index contributed by atoms with van der Waals surface area (Å²) in [5.74, 6) is -0.193. The largest absolute Gasteiger partial charge is 0.377 e. The highest BCUT2D eigenvalue weighted by Crippen LogP contribution is 2.19.